The maximum absolute atomic E-state index is 13.0. The van der Waals surface area contributed by atoms with E-state index in [2.05, 4.69) is 11.8 Å². The summed E-state index contributed by atoms with van der Waals surface area (Å²) in [6.07, 6.45) is -0.000911. The molecule has 1 saturated heterocycles. The van der Waals surface area contributed by atoms with Crippen LogP contribution in [0.3, 0.4) is 0 Å². The number of halogens is 2. The molecule has 1 atom stereocenters. The molecule has 1 heterocycles. The SMILES string of the molecule is CC[C@H](Oc1ccc(F)cc1)C(=O)N1CCN(c2cc(Cl)ccc2C)CC1. The first kappa shape index (κ1) is 19.5. The lowest BCUT2D eigenvalue weighted by Crippen LogP contribution is -2.52. The number of rotatable bonds is 5. The summed E-state index contributed by atoms with van der Waals surface area (Å²) in [5.41, 5.74) is 2.29. The standard InChI is InChI=1S/C21H24ClFN2O2/c1-3-20(27-18-8-6-17(23)7-9-18)21(26)25-12-10-24(11-13-25)19-14-16(22)5-4-15(19)2/h4-9,14,20H,3,10-13H2,1-2H3/t20-/m0/s1. The topological polar surface area (TPSA) is 32.8 Å². The van der Waals surface area contributed by atoms with E-state index in [-0.39, 0.29) is 11.7 Å². The van der Waals surface area contributed by atoms with Crippen LogP contribution in [-0.4, -0.2) is 43.1 Å². The molecule has 0 aromatic heterocycles. The van der Waals surface area contributed by atoms with Gasteiger partial charge in [-0.2, -0.15) is 0 Å². The molecule has 1 amide bonds. The van der Waals surface area contributed by atoms with Crippen molar-refractivity contribution in [3.05, 3.63) is 58.9 Å². The third-order valence-corrected chi connectivity index (χ3v) is 5.08. The Bertz CT molecular complexity index is 789. The fourth-order valence-electron chi connectivity index (χ4n) is 3.28. The highest BCUT2D eigenvalue weighted by Crippen LogP contribution is 2.25. The van der Waals surface area contributed by atoms with Crippen LogP contribution in [0.5, 0.6) is 5.75 Å². The lowest BCUT2D eigenvalue weighted by Gasteiger charge is -2.38. The van der Waals surface area contributed by atoms with Crippen molar-refractivity contribution in [1.29, 1.82) is 0 Å². The first-order valence-corrected chi connectivity index (χ1v) is 9.58. The molecular formula is C21H24ClFN2O2. The van der Waals surface area contributed by atoms with Crippen LogP contribution in [-0.2, 0) is 4.79 Å². The minimum atomic E-state index is -0.560. The van der Waals surface area contributed by atoms with Gasteiger partial charge >= 0.3 is 0 Å². The van der Waals surface area contributed by atoms with Crippen molar-refractivity contribution in [3.63, 3.8) is 0 Å². The highest BCUT2D eigenvalue weighted by molar-refractivity contribution is 6.30. The normalized spacial score (nSPS) is 15.6. The summed E-state index contributed by atoms with van der Waals surface area (Å²) in [4.78, 5) is 17.0. The minimum absolute atomic E-state index is 0.0238. The van der Waals surface area contributed by atoms with E-state index in [1.807, 2.05) is 30.0 Å². The summed E-state index contributed by atoms with van der Waals surface area (Å²) in [6.45, 7) is 6.74. The van der Waals surface area contributed by atoms with Crippen LogP contribution in [0.15, 0.2) is 42.5 Å². The molecule has 1 aliphatic rings. The molecule has 27 heavy (non-hydrogen) atoms. The fraction of sp³-hybridized carbons (Fsp3) is 0.381. The summed E-state index contributed by atoms with van der Waals surface area (Å²) >= 11 is 6.13. The molecular weight excluding hydrogens is 367 g/mol. The Morgan fingerprint density at radius 3 is 2.44 bits per heavy atom. The Morgan fingerprint density at radius 2 is 1.81 bits per heavy atom. The molecule has 4 nitrogen and oxygen atoms in total. The van der Waals surface area contributed by atoms with E-state index >= 15 is 0 Å². The van der Waals surface area contributed by atoms with Crippen molar-refractivity contribution >= 4 is 23.2 Å². The summed E-state index contributed by atoms with van der Waals surface area (Å²) in [6, 6.07) is 11.6. The van der Waals surface area contributed by atoms with E-state index in [1.54, 1.807) is 12.1 Å². The molecule has 0 N–H and O–H groups in total. The van der Waals surface area contributed by atoms with Crippen molar-refractivity contribution in [2.45, 2.75) is 26.4 Å². The zero-order chi connectivity index (χ0) is 19.4. The molecule has 2 aromatic rings. The lowest BCUT2D eigenvalue weighted by atomic mass is 10.1. The largest absolute Gasteiger partial charge is 0.481 e. The maximum Gasteiger partial charge on any atom is 0.263 e. The van der Waals surface area contributed by atoms with Crippen molar-refractivity contribution in [2.24, 2.45) is 0 Å². The molecule has 3 rings (SSSR count). The highest BCUT2D eigenvalue weighted by Gasteiger charge is 2.28. The molecule has 0 unspecified atom stereocenters. The van der Waals surface area contributed by atoms with E-state index in [0.717, 1.165) is 18.8 Å². The average Bonchev–Trinajstić information content (AvgIpc) is 2.69. The van der Waals surface area contributed by atoms with Crippen LogP contribution in [0.1, 0.15) is 18.9 Å². The highest BCUT2D eigenvalue weighted by atomic mass is 35.5. The lowest BCUT2D eigenvalue weighted by molar-refractivity contribution is -0.139. The van der Waals surface area contributed by atoms with Gasteiger partial charge in [-0.15, -0.1) is 0 Å². The number of nitrogens with zero attached hydrogens (tertiary/aromatic N) is 2. The summed E-state index contributed by atoms with van der Waals surface area (Å²) in [5.74, 6) is 0.156. The molecule has 2 aromatic carbocycles. The van der Waals surface area contributed by atoms with Crippen LogP contribution >= 0.6 is 11.6 Å². The number of hydrogen-bond donors (Lipinski definition) is 0. The van der Waals surface area contributed by atoms with E-state index in [4.69, 9.17) is 16.3 Å². The van der Waals surface area contributed by atoms with E-state index in [1.165, 1.54) is 17.7 Å². The zero-order valence-electron chi connectivity index (χ0n) is 15.6. The molecule has 0 aliphatic carbocycles. The van der Waals surface area contributed by atoms with Crippen molar-refractivity contribution in [3.8, 4) is 5.75 Å². The number of carbonyl (C=O) groups excluding carboxylic acids is 1. The number of piperazine rings is 1. The van der Waals surface area contributed by atoms with E-state index in [0.29, 0.717) is 30.3 Å². The van der Waals surface area contributed by atoms with Gasteiger partial charge < -0.3 is 14.5 Å². The van der Waals surface area contributed by atoms with Gasteiger partial charge in [0.15, 0.2) is 6.10 Å². The molecule has 1 aliphatic heterocycles. The molecule has 0 spiro atoms. The molecule has 0 radical (unpaired) electrons. The Balaban J connectivity index is 1.61. The quantitative estimate of drug-likeness (QED) is 0.763. The van der Waals surface area contributed by atoms with Crippen LogP contribution in [0.25, 0.3) is 0 Å². The van der Waals surface area contributed by atoms with Gasteiger partial charge in [0.1, 0.15) is 11.6 Å². The second-order valence-electron chi connectivity index (χ2n) is 6.71. The van der Waals surface area contributed by atoms with Gasteiger partial charge in [0.2, 0.25) is 0 Å². The third-order valence-electron chi connectivity index (χ3n) is 4.84. The smallest absolute Gasteiger partial charge is 0.263 e. The van der Waals surface area contributed by atoms with Gasteiger partial charge in [-0.1, -0.05) is 24.6 Å². The van der Waals surface area contributed by atoms with Crippen molar-refractivity contribution < 1.29 is 13.9 Å². The second-order valence-corrected chi connectivity index (χ2v) is 7.15. The fourth-order valence-corrected chi connectivity index (χ4v) is 3.45. The number of ether oxygens (including phenoxy) is 1. The average molecular weight is 391 g/mol. The Kier molecular flexibility index (Phi) is 6.22. The number of aryl methyl sites for hydroxylation is 1. The molecule has 144 valence electrons. The predicted octanol–water partition coefficient (Wildman–Crippen LogP) is 4.29. The van der Waals surface area contributed by atoms with E-state index in [9.17, 15) is 9.18 Å². The van der Waals surface area contributed by atoms with Gasteiger partial charge in [0, 0.05) is 36.9 Å². The van der Waals surface area contributed by atoms with E-state index < -0.39 is 6.10 Å². The molecule has 1 fully saturated rings. The van der Waals surface area contributed by atoms with Gasteiger partial charge in [-0.3, -0.25) is 4.79 Å². The van der Waals surface area contributed by atoms with Gasteiger partial charge in [-0.05, 0) is 55.3 Å². The Hall–Kier alpha value is -2.27. The summed E-state index contributed by atoms with van der Waals surface area (Å²) in [7, 11) is 0. The number of carbonyl (C=O) groups is 1. The maximum atomic E-state index is 13.0. The molecule has 0 saturated carbocycles. The number of hydrogen-bond acceptors (Lipinski definition) is 3. The van der Waals surface area contributed by atoms with Crippen molar-refractivity contribution in [2.75, 3.05) is 31.1 Å². The first-order valence-electron chi connectivity index (χ1n) is 9.20. The van der Waals surface area contributed by atoms with Gasteiger partial charge in [0.05, 0.1) is 0 Å². The first-order chi connectivity index (χ1) is 13.0. The number of benzene rings is 2. The monoisotopic (exact) mass is 390 g/mol. The van der Waals surface area contributed by atoms with Gasteiger partial charge in [0.25, 0.3) is 5.91 Å². The molecule has 6 heteroatoms. The Labute approximate surface area is 164 Å². The van der Waals surface area contributed by atoms with Gasteiger partial charge in [-0.25, -0.2) is 4.39 Å². The second kappa shape index (κ2) is 8.61. The van der Waals surface area contributed by atoms with Crippen LogP contribution in [0, 0.1) is 12.7 Å². The minimum Gasteiger partial charge on any atom is -0.481 e. The van der Waals surface area contributed by atoms with Crippen LogP contribution in [0.4, 0.5) is 10.1 Å². The third kappa shape index (κ3) is 4.72. The number of amides is 1. The molecule has 0 bridgehead atoms. The zero-order valence-corrected chi connectivity index (χ0v) is 16.4. The van der Waals surface area contributed by atoms with Crippen LogP contribution < -0.4 is 9.64 Å². The van der Waals surface area contributed by atoms with Crippen molar-refractivity contribution in [1.82, 2.24) is 4.90 Å². The summed E-state index contributed by atoms with van der Waals surface area (Å²) in [5, 5.41) is 0.716. The Morgan fingerprint density at radius 1 is 1.15 bits per heavy atom. The number of anilines is 1. The predicted molar refractivity (Wildman–Crippen MR) is 106 cm³/mol. The summed E-state index contributed by atoms with van der Waals surface area (Å²) < 4.78 is 18.8. The van der Waals surface area contributed by atoms with Crippen LogP contribution in [0.2, 0.25) is 5.02 Å².